The van der Waals surface area contributed by atoms with Crippen molar-refractivity contribution in [2.24, 2.45) is 5.92 Å². The van der Waals surface area contributed by atoms with Crippen molar-refractivity contribution in [2.75, 3.05) is 12.3 Å². The van der Waals surface area contributed by atoms with Crippen LogP contribution >= 0.6 is 0 Å². The van der Waals surface area contributed by atoms with Gasteiger partial charge in [-0.2, -0.15) is 0 Å². The highest BCUT2D eigenvalue weighted by Gasteiger charge is 2.42. The Morgan fingerprint density at radius 1 is 1.30 bits per heavy atom. The molecule has 1 saturated heterocycles. The molecule has 1 saturated carbocycles. The van der Waals surface area contributed by atoms with Crippen molar-refractivity contribution >= 4 is 15.7 Å². The number of benzene rings is 1. The second-order valence-corrected chi connectivity index (χ2v) is 7.42. The molecule has 110 valence electrons. The third-order valence-corrected chi connectivity index (χ3v) is 5.58. The fourth-order valence-corrected chi connectivity index (χ4v) is 4.00. The summed E-state index contributed by atoms with van der Waals surface area (Å²) in [5.74, 6) is 0.522. The van der Waals surface area contributed by atoms with Crippen molar-refractivity contribution in [3.05, 3.63) is 23.8 Å². The van der Waals surface area contributed by atoms with E-state index >= 15 is 0 Å². The van der Waals surface area contributed by atoms with E-state index in [9.17, 15) is 8.42 Å². The van der Waals surface area contributed by atoms with Crippen LogP contribution in [0.2, 0.25) is 0 Å². The Morgan fingerprint density at radius 3 is 2.70 bits per heavy atom. The maximum absolute atomic E-state index is 12.4. The average molecular weight is 296 g/mol. The topological polar surface area (TPSA) is 81.4 Å². The molecule has 0 aromatic heterocycles. The van der Waals surface area contributed by atoms with Gasteiger partial charge in [0.1, 0.15) is 0 Å². The highest BCUT2D eigenvalue weighted by molar-refractivity contribution is 7.89. The van der Waals surface area contributed by atoms with Crippen LogP contribution in [0.15, 0.2) is 23.1 Å². The number of nitrogens with one attached hydrogen (secondary N) is 1. The summed E-state index contributed by atoms with van der Waals surface area (Å²) in [6.07, 6.45) is 3.05. The van der Waals surface area contributed by atoms with Crippen LogP contribution in [-0.4, -0.2) is 27.2 Å². The third kappa shape index (κ3) is 2.68. The lowest BCUT2D eigenvalue weighted by molar-refractivity contribution is 0.0848. The van der Waals surface area contributed by atoms with Gasteiger partial charge in [-0.15, -0.1) is 0 Å². The lowest BCUT2D eigenvalue weighted by Gasteiger charge is -2.19. The van der Waals surface area contributed by atoms with E-state index in [-0.39, 0.29) is 17.0 Å². The molecule has 2 atom stereocenters. The van der Waals surface area contributed by atoms with Crippen LogP contribution in [0, 0.1) is 12.8 Å². The molecule has 20 heavy (non-hydrogen) atoms. The summed E-state index contributed by atoms with van der Waals surface area (Å²) in [6.45, 7) is 2.48. The molecule has 6 heteroatoms. The monoisotopic (exact) mass is 296 g/mol. The van der Waals surface area contributed by atoms with E-state index in [1.54, 1.807) is 12.1 Å². The predicted molar refractivity (Wildman–Crippen MR) is 76.8 cm³/mol. The van der Waals surface area contributed by atoms with Crippen molar-refractivity contribution in [1.29, 1.82) is 0 Å². The first-order valence-corrected chi connectivity index (χ1v) is 8.46. The van der Waals surface area contributed by atoms with Crippen LogP contribution in [0.3, 0.4) is 0 Å². The number of hydrogen-bond donors (Lipinski definition) is 2. The minimum Gasteiger partial charge on any atom is -0.398 e. The Labute approximate surface area is 119 Å². The van der Waals surface area contributed by atoms with Gasteiger partial charge in [-0.05, 0) is 49.8 Å². The van der Waals surface area contributed by atoms with Gasteiger partial charge in [0, 0.05) is 12.3 Å². The van der Waals surface area contributed by atoms with Gasteiger partial charge in [-0.1, -0.05) is 6.07 Å². The minimum atomic E-state index is -3.53. The summed E-state index contributed by atoms with van der Waals surface area (Å²) in [5, 5.41) is 0. The van der Waals surface area contributed by atoms with E-state index < -0.39 is 10.0 Å². The van der Waals surface area contributed by atoms with Crippen LogP contribution in [-0.2, 0) is 14.8 Å². The Bertz CT molecular complexity index is 611. The highest BCUT2D eigenvalue weighted by atomic mass is 32.2. The first-order valence-electron chi connectivity index (χ1n) is 6.97. The lowest BCUT2D eigenvalue weighted by atomic mass is 10.1. The number of nitrogen functional groups attached to an aromatic ring is 1. The van der Waals surface area contributed by atoms with Crippen molar-refractivity contribution in [1.82, 2.24) is 4.72 Å². The summed E-state index contributed by atoms with van der Waals surface area (Å²) >= 11 is 0. The first kappa shape index (κ1) is 13.9. The summed E-state index contributed by atoms with van der Waals surface area (Å²) in [7, 11) is -3.53. The SMILES string of the molecule is Cc1ccc(S(=O)(=O)NC2CCOC2C2CC2)cc1N. The molecule has 1 aliphatic heterocycles. The van der Waals surface area contributed by atoms with Crippen molar-refractivity contribution in [2.45, 2.75) is 43.2 Å². The van der Waals surface area contributed by atoms with Gasteiger partial charge in [0.15, 0.2) is 0 Å². The molecule has 1 aliphatic carbocycles. The molecule has 1 aromatic rings. The van der Waals surface area contributed by atoms with E-state index in [0.717, 1.165) is 24.8 Å². The normalized spacial score (nSPS) is 26.9. The van der Waals surface area contributed by atoms with E-state index in [0.29, 0.717) is 18.2 Å². The number of rotatable bonds is 4. The highest BCUT2D eigenvalue weighted by Crippen LogP contribution is 2.39. The van der Waals surface area contributed by atoms with E-state index in [4.69, 9.17) is 10.5 Å². The maximum Gasteiger partial charge on any atom is 0.240 e. The lowest BCUT2D eigenvalue weighted by Crippen LogP contribution is -2.41. The van der Waals surface area contributed by atoms with Crippen LogP contribution in [0.25, 0.3) is 0 Å². The second kappa shape index (κ2) is 5.02. The smallest absolute Gasteiger partial charge is 0.240 e. The van der Waals surface area contributed by atoms with Crippen LogP contribution in [0.5, 0.6) is 0 Å². The molecule has 0 bridgehead atoms. The molecule has 3 N–H and O–H groups in total. The first-order chi connectivity index (χ1) is 9.47. The zero-order chi connectivity index (χ0) is 14.3. The second-order valence-electron chi connectivity index (χ2n) is 5.71. The van der Waals surface area contributed by atoms with Gasteiger partial charge >= 0.3 is 0 Å². The van der Waals surface area contributed by atoms with Gasteiger partial charge in [0.05, 0.1) is 17.0 Å². The van der Waals surface area contributed by atoms with E-state index in [2.05, 4.69) is 4.72 Å². The summed E-state index contributed by atoms with van der Waals surface area (Å²) in [4.78, 5) is 0.224. The molecule has 3 rings (SSSR count). The third-order valence-electron chi connectivity index (χ3n) is 4.09. The number of hydrogen-bond acceptors (Lipinski definition) is 4. The number of sulfonamides is 1. The molecular formula is C14H20N2O3S. The molecule has 2 aliphatic rings. The number of anilines is 1. The van der Waals surface area contributed by atoms with Gasteiger partial charge in [0.2, 0.25) is 10.0 Å². The Morgan fingerprint density at radius 2 is 2.05 bits per heavy atom. The van der Waals surface area contributed by atoms with Gasteiger partial charge in [0.25, 0.3) is 0 Å². The maximum atomic E-state index is 12.4. The van der Waals surface area contributed by atoms with Crippen LogP contribution in [0.4, 0.5) is 5.69 Å². The summed E-state index contributed by atoms with van der Waals surface area (Å²) in [5.41, 5.74) is 7.17. The molecule has 0 amide bonds. The zero-order valence-electron chi connectivity index (χ0n) is 11.5. The summed E-state index contributed by atoms with van der Waals surface area (Å²) < 4.78 is 33.3. The number of nitrogens with two attached hydrogens (primary N) is 1. The van der Waals surface area contributed by atoms with E-state index in [1.807, 2.05) is 6.92 Å². The van der Waals surface area contributed by atoms with Gasteiger partial charge < -0.3 is 10.5 Å². The average Bonchev–Trinajstić information content (AvgIpc) is 3.14. The van der Waals surface area contributed by atoms with Crippen molar-refractivity contribution < 1.29 is 13.2 Å². The molecule has 2 unspecified atom stereocenters. The Hall–Kier alpha value is -1.11. The quantitative estimate of drug-likeness (QED) is 0.823. The fourth-order valence-electron chi connectivity index (χ4n) is 2.68. The molecule has 1 aromatic carbocycles. The Balaban J connectivity index is 1.79. The largest absolute Gasteiger partial charge is 0.398 e. The number of ether oxygens (including phenoxy) is 1. The fraction of sp³-hybridized carbons (Fsp3) is 0.571. The Kier molecular flexibility index (Phi) is 3.48. The molecule has 5 nitrogen and oxygen atoms in total. The predicted octanol–water partition coefficient (Wildman–Crippen LogP) is 1.42. The van der Waals surface area contributed by atoms with Crippen LogP contribution < -0.4 is 10.5 Å². The van der Waals surface area contributed by atoms with Crippen molar-refractivity contribution in [3.8, 4) is 0 Å². The van der Waals surface area contributed by atoms with Crippen LogP contribution in [0.1, 0.15) is 24.8 Å². The molecule has 1 heterocycles. The molecule has 0 radical (unpaired) electrons. The van der Waals surface area contributed by atoms with Crippen molar-refractivity contribution in [3.63, 3.8) is 0 Å². The number of aryl methyl sites for hydroxylation is 1. The summed E-state index contributed by atoms with van der Waals surface area (Å²) in [6, 6.07) is 4.72. The van der Waals surface area contributed by atoms with Gasteiger partial charge in [-0.3, -0.25) is 0 Å². The standard InChI is InChI=1S/C14H20N2O3S/c1-9-2-5-11(8-12(9)15)20(17,18)16-13-6-7-19-14(13)10-3-4-10/h2,5,8,10,13-14,16H,3-4,6-7,15H2,1H3. The zero-order valence-corrected chi connectivity index (χ0v) is 12.3. The minimum absolute atomic E-state index is 0.0348. The molecular weight excluding hydrogens is 276 g/mol. The molecule has 2 fully saturated rings. The van der Waals surface area contributed by atoms with E-state index in [1.165, 1.54) is 6.07 Å². The van der Waals surface area contributed by atoms with Gasteiger partial charge in [-0.25, -0.2) is 13.1 Å². The molecule has 0 spiro atoms.